The first kappa shape index (κ1) is 44.1. The molecule has 4 atom stereocenters. The normalized spacial score (nSPS) is 24.0. The topological polar surface area (TPSA) is 126 Å². The SMILES string of the molecule is CC(=O)NC1(c2cc3c(cc2F)c(N2CCC(=O)NC2=O)nn3C)CCN(C[C@@H]2CCCC[C@H]2CN2CCN(c3ccc([C@@H]4c5ccc(O)cc5CC[C@@H]4c4ccccc4)cc3)CC2)CC1. The van der Waals surface area contributed by atoms with Crippen LogP contribution in [0.1, 0.15) is 97.9 Å². The van der Waals surface area contributed by atoms with Crippen molar-refractivity contribution < 1.29 is 23.9 Å². The van der Waals surface area contributed by atoms with Crippen molar-refractivity contribution in [3.63, 3.8) is 0 Å². The molecule has 4 heterocycles. The van der Waals surface area contributed by atoms with E-state index in [2.05, 4.69) is 91.1 Å². The van der Waals surface area contributed by atoms with Crippen LogP contribution in [0.2, 0.25) is 0 Å². The largest absolute Gasteiger partial charge is 0.508 e. The summed E-state index contributed by atoms with van der Waals surface area (Å²) in [5, 5.41) is 20.9. The standard InChI is InChI=1S/C53H63FN8O4/c1-35(63)56-53(46-32-48-45(31-47(46)54)51(57-58(48)2)62-23-20-49(65)55-52(62)66)21-24-59(25-22-53)33-39-10-6-7-11-40(39)34-60-26-28-61(29-27-60)41-15-12-37(13-16-41)50-43(36-8-4-3-5-9-36)18-14-38-30-42(64)17-19-44(38)50/h3-5,8-9,12-13,15-17,19,30-32,39-40,43,50,64H,6-7,10-11,14,18,20-29,33-34H2,1-2H3,(H,56,63)(H,55,65,66)/t39-,40-,43+,50-/m0/s1. The third kappa shape index (κ3) is 8.79. The molecule has 3 aliphatic heterocycles. The first-order valence-electron chi connectivity index (χ1n) is 24.2. The number of aryl methyl sites for hydroxylation is 2. The van der Waals surface area contributed by atoms with Crippen LogP contribution in [0.3, 0.4) is 0 Å². The number of urea groups is 1. The van der Waals surface area contributed by atoms with Crippen molar-refractivity contribution in [1.29, 1.82) is 0 Å². The smallest absolute Gasteiger partial charge is 0.329 e. The van der Waals surface area contributed by atoms with Crippen molar-refractivity contribution in [3.05, 3.63) is 119 Å². The van der Waals surface area contributed by atoms with Gasteiger partial charge in [-0.15, -0.1) is 0 Å². The number of nitrogens with one attached hydrogen (secondary N) is 2. The summed E-state index contributed by atoms with van der Waals surface area (Å²) in [4.78, 5) is 46.4. The lowest BCUT2D eigenvalue weighted by molar-refractivity contribution is -0.122. The zero-order valence-electron chi connectivity index (χ0n) is 38.4. The third-order valence-electron chi connectivity index (χ3n) is 15.7. The number of halogens is 1. The Morgan fingerprint density at radius 1 is 0.818 bits per heavy atom. The molecule has 13 heteroatoms. The Morgan fingerprint density at radius 2 is 1.52 bits per heavy atom. The molecule has 3 N–H and O–H groups in total. The second-order valence-electron chi connectivity index (χ2n) is 19.7. The van der Waals surface area contributed by atoms with Crippen LogP contribution in [-0.4, -0.2) is 101 Å². The number of anilines is 2. The van der Waals surface area contributed by atoms with Gasteiger partial charge in [0.15, 0.2) is 5.82 Å². The number of aromatic hydroxyl groups is 1. The first-order chi connectivity index (χ1) is 32.0. The van der Waals surface area contributed by atoms with Crippen molar-refractivity contribution in [2.75, 3.05) is 68.7 Å². The Hall–Kier alpha value is -5.79. The number of hydrogen-bond donors (Lipinski definition) is 3. The molecule has 12 nitrogen and oxygen atoms in total. The minimum atomic E-state index is -0.872. The fraction of sp³-hybridized carbons (Fsp3) is 0.472. The summed E-state index contributed by atoms with van der Waals surface area (Å²) in [5.41, 5.74) is 6.79. The lowest BCUT2D eigenvalue weighted by Gasteiger charge is -2.45. The fourth-order valence-corrected chi connectivity index (χ4v) is 12.3. The number of amides is 4. The summed E-state index contributed by atoms with van der Waals surface area (Å²) in [6.07, 6.45) is 8.33. The Labute approximate surface area is 387 Å². The van der Waals surface area contributed by atoms with Gasteiger partial charge < -0.3 is 20.2 Å². The molecular weight excluding hydrogens is 832 g/mol. The highest BCUT2D eigenvalue weighted by Crippen LogP contribution is 2.47. The number of benzene rings is 4. The van der Waals surface area contributed by atoms with Crippen LogP contribution in [-0.2, 0) is 28.6 Å². The molecule has 0 unspecified atom stereocenters. The number of carbonyl (C=O) groups is 3. The molecule has 0 radical (unpaired) electrons. The Balaban J connectivity index is 0.768. The van der Waals surface area contributed by atoms with Gasteiger partial charge in [0.25, 0.3) is 0 Å². The van der Waals surface area contributed by atoms with E-state index in [1.807, 2.05) is 12.1 Å². The molecule has 10 rings (SSSR count). The van der Waals surface area contributed by atoms with Crippen LogP contribution in [0.25, 0.3) is 10.9 Å². The maximum Gasteiger partial charge on any atom is 0.329 e. The van der Waals surface area contributed by atoms with Gasteiger partial charge in [-0.1, -0.05) is 61.4 Å². The van der Waals surface area contributed by atoms with Gasteiger partial charge in [0.1, 0.15) is 11.6 Å². The van der Waals surface area contributed by atoms with E-state index in [-0.39, 0.29) is 30.7 Å². The highest BCUT2D eigenvalue weighted by molar-refractivity contribution is 6.09. The molecule has 0 bridgehead atoms. The number of hydrogen-bond acceptors (Lipinski definition) is 8. The van der Waals surface area contributed by atoms with E-state index in [1.54, 1.807) is 17.8 Å². The third-order valence-corrected chi connectivity index (χ3v) is 15.7. The fourth-order valence-electron chi connectivity index (χ4n) is 12.3. The van der Waals surface area contributed by atoms with Gasteiger partial charge in [-0.2, -0.15) is 5.10 Å². The number of nitrogens with zero attached hydrogens (tertiary/aromatic N) is 6. The second kappa shape index (κ2) is 18.5. The van der Waals surface area contributed by atoms with E-state index in [4.69, 9.17) is 0 Å². The average Bonchev–Trinajstić information content (AvgIpc) is 3.63. The quantitative estimate of drug-likeness (QED) is 0.130. The number of piperidine rings is 1. The molecule has 1 saturated carbocycles. The van der Waals surface area contributed by atoms with Gasteiger partial charge in [0.05, 0.1) is 11.1 Å². The van der Waals surface area contributed by atoms with Gasteiger partial charge in [-0.3, -0.25) is 29.4 Å². The molecule has 1 aromatic heterocycles. The summed E-state index contributed by atoms with van der Waals surface area (Å²) in [6.45, 7) is 9.39. The number of imide groups is 1. The molecule has 2 aliphatic carbocycles. The van der Waals surface area contributed by atoms with Gasteiger partial charge >= 0.3 is 6.03 Å². The maximum atomic E-state index is 16.4. The van der Waals surface area contributed by atoms with E-state index < -0.39 is 17.4 Å². The summed E-state index contributed by atoms with van der Waals surface area (Å²) in [7, 11) is 1.76. The number of phenolic OH excluding ortho intramolecular Hbond substituents is 1. The predicted molar refractivity (Wildman–Crippen MR) is 255 cm³/mol. The number of aromatic nitrogens is 2. The molecule has 4 aromatic carbocycles. The minimum Gasteiger partial charge on any atom is -0.508 e. The number of phenols is 1. The van der Waals surface area contributed by atoms with Gasteiger partial charge in [-0.25, -0.2) is 9.18 Å². The van der Waals surface area contributed by atoms with Gasteiger partial charge in [0, 0.05) is 102 Å². The number of likely N-dealkylation sites (tertiary alicyclic amines) is 1. The molecule has 0 spiro atoms. The monoisotopic (exact) mass is 894 g/mol. The van der Waals surface area contributed by atoms with E-state index >= 15 is 4.39 Å². The minimum absolute atomic E-state index is 0.143. The van der Waals surface area contributed by atoms with Crippen molar-refractivity contribution in [2.45, 2.75) is 82.1 Å². The van der Waals surface area contributed by atoms with Crippen LogP contribution in [0, 0.1) is 17.7 Å². The lowest BCUT2D eigenvalue weighted by atomic mass is 9.69. The first-order valence-corrected chi connectivity index (χ1v) is 24.2. The summed E-state index contributed by atoms with van der Waals surface area (Å²) in [6, 6.07) is 28.8. The van der Waals surface area contributed by atoms with Gasteiger partial charge in [-0.05, 0) is 115 Å². The van der Waals surface area contributed by atoms with Crippen LogP contribution in [0.4, 0.5) is 20.7 Å². The lowest BCUT2D eigenvalue weighted by Crippen LogP contribution is -2.54. The van der Waals surface area contributed by atoms with E-state index in [1.165, 1.54) is 71.5 Å². The van der Waals surface area contributed by atoms with Crippen LogP contribution >= 0.6 is 0 Å². The van der Waals surface area contributed by atoms with Crippen LogP contribution in [0.15, 0.2) is 84.9 Å². The second-order valence-corrected chi connectivity index (χ2v) is 19.7. The van der Waals surface area contributed by atoms with E-state index in [0.29, 0.717) is 58.6 Å². The Kier molecular flexibility index (Phi) is 12.3. The summed E-state index contributed by atoms with van der Waals surface area (Å²) >= 11 is 0. The van der Waals surface area contributed by atoms with Crippen molar-refractivity contribution in [3.8, 4) is 5.75 Å². The predicted octanol–water partition coefficient (Wildman–Crippen LogP) is 7.78. The zero-order valence-corrected chi connectivity index (χ0v) is 38.4. The summed E-state index contributed by atoms with van der Waals surface area (Å²) < 4.78 is 18.0. The summed E-state index contributed by atoms with van der Waals surface area (Å²) in [5.74, 6) is 1.51. The average molecular weight is 895 g/mol. The number of piperazine rings is 1. The molecule has 66 heavy (non-hydrogen) atoms. The molecule has 346 valence electrons. The zero-order chi connectivity index (χ0) is 45.5. The molecule has 3 saturated heterocycles. The molecule has 5 aliphatic rings. The van der Waals surface area contributed by atoms with E-state index in [9.17, 15) is 19.5 Å². The van der Waals surface area contributed by atoms with E-state index in [0.717, 1.165) is 65.2 Å². The molecule has 4 amide bonds. The van der Waals surface area contributed by atoms with Gasteiger partial charge in [0.2, 0.25) is 11.8 Å². The Bertz CT molecular complexity index is 2580. The number of rotatable bonds is 10. The van der Waals surface area contributed by atoms with Crippen LogP contribution < -0.4 is 20.4 Å². The molecule has 5 aromatic rings. The van der Waals surface area contributed by atoms with Crippen molar-refractivity contribution in [2.24, 2.45) is 18.9 Å². The highest BCUT2D eigenvalue weighted by atomic mass is 19.1. The number of fused-ring (bicyclic) bond motifs is 2. The van der Waals surface area contributed by atoms with Crippen molar-refractivity contribution >= 4 is 40.3 Å². The Morgan fingerprint density at radius 3 is 2.20 bits per heavy atom. The molecule has 4 fully saturated rings. The van der Waals surface area contributed by atoms with Crippen LogP contribution in [0.5, 0.6) is 5.75 Å². The maximum absolute atomic E-state index is 16.4. The number of carbonyl (C=O) groups excluding carboxylic acids is 3. The van der Waals surface area contributed by atoms with Crippen molar-refractivity contribution in [1.82, 2.24) is 30.2 Å². The molecular formula is C53H63FN8O4. The highest BCUT2D eigenvalue weighted by Gasteiger charge is 2.41.